The molecule has 1 heterocycles. The van der Waals surface area contributed by atoms with E-state index in [1.807, 2.05) is 36.4 Å². The molecule has 0 aromatic heterocycles. The molecular weight excluding hydrogens is 354 g/mol. The van der Waals surface area contributed by atoms with Gasteiger partial charge < -0.3 is 9.84 Å². The number of hydrogen-bond acceptors (Lipinski definition) is 3. The van der Waals surface area contributed by atoms with E-state index >= 15 is 0 Å². The van der Waals surface area contributed by atoms with Gasteiger partial charge in [0.15, 0.2) is 0 Å². The summed E-state index contributed by atoms with van der Waals surface area (Å²) in [5.74, 6) is -1.11. The molecule has 26 heavy (non-hydrogen) atoms. The van der Waals surface area contributed by atoms with E-state index in [1.165, 1.54) is 4.90 Å². The maximum absolute atomic E-state index is 12.5. The SMILES string of the molecule is O=C(O)[C@@H]1C[C@@H](Cl)CN1C(=O)OCC1c2ccccc2-c2ccccc21. The van der Waals surface area contributed by atoms with Crippen molar-refractivity contribution < 1.29 is 19.4 Å². The van der Waals surface area contributed by atoms with Crippen molar-refractivity contribution in [2.45, 2.75) is 23.8 Å². The summed E-state index contributed by atoms with van der Waals surface area (Å²) < 4.78 is 5.52. The first-order valence-corrected chi connectivity index (χ1v) is 8.98. The Balaban J connectivity index is 1.53. The Morgan fingerprint density at radius 3 is 2.23 bits per heavy atom. The summed E-state index contributed by atoms with van der Waals surface area (Å²) in [5.41, 5.74) is 4.53. The standard InChI is InChI=1S/C20H18ClNO4/c21-12-9-18(19(23)24)22(10-12)20(25)26-11-17-15-7-3-1-5-13(15)14-6-2-4-8-16(14)17/h1-8,12,17-18H,9-11H2,(H,23,24)/t12-,18+/m1/s1. The first-order valence-electron chi connectivity index (χ1n) is 8.54. The Bertz CT molecular complexity index is 823. The van der Waals surface area contributed by atoms with Crippen LogP contribution in [0.25, 0.3) is 11.1 Å². The number of hydrogen-bond donors (Lipinski definition) is 1. The number of carbonyl (C=O) groups is 2. The Kier molecular flexibility index (Phi) is 4.32. The van der Waals surface area contributed by atoms with Crippen molar-refractivity contribution in [2.75, 3.05) is 13.2 Å². The highest BCUT2D eigenvalue weighted by atomic mass is 35.5. The third-order valence-electron chi connectivity index (χ3n) is 5.11. The zero-order chi connectivity index (χ0) is 18.3. The van der Waals surface area contributed by atoms with Crippen LogP contribution >= 0.6 is 11.6 Å². The van der Waals surface area contributed by atoms with Crippen molar-refractivity contribution in [1.29, 1.82) is 0 Å². The van der Waals surface area contributed by atoms with Gasteiger partial charge in [-0.05, 0) is 28.7 Å². The van der Waals surface area contributed by atoms with E-state index in [4.69, 9.17) is 16.3 Å². The van der Waals surface area contributed by atoms with Crippen LogP contribution < -0.4 is 0 Å². The molecule has 0 radical (unpaired) electrons. The molecule has 0 saturated carbocycles. The van der Waals surface area contributed by atoms with E-state index < -0.39 is 18.1 Å². The quantitative estimate of drug-likeness (QED) is 0.835. The summed E-state index contributed by atoms with van der Waals surface area (Å²) in [5, 5.41) is 8.92. The summed E-state index contributed by atoms with van der Waals surface area (Å²) in [6.45, 7) is 0.359. The van der Waals surface area contributed by atoms with E-state index in [-0.39, 0.29) is 30.9 Å². The van der Waals surface area contributed by atoms with Crippen molar-refractivity contribution >= 4 is 23.7 Å². The van der Waals surface area contributed by atoms with E-state index in [2.05, 4.69) is 12.1 Å². The van der Waals surface area contributed by atoms with Gasteiger partial charge in [-0.1, -0.05) is 48.5 Å². The summed E-state index contributed by atoms with van der Waals surface area (Å²) >= 11 is 6.04. The maximum atomic E-state index is 12.5. The molecule has 0 bridgehead atoms. The number of benzene rings is 2. The summed E-state index contributed by atoms with van der Waals surface area (Å²) in [6.07, 6.45) is -0.386. The normalized spacial score (nSPS) is 21.3. The number of amides is 1. The Morgan fingerprint density at radius 1 is 1.08 bits per heavy atom. The molecule has 0 unspecified atom stereocenters. The lowest BCUT2D eigenvalue weighted by atomic mass is 9.98. The average molecular weight is 372 g/mol. The number of rotatable bonds is 3. The monoisotopic (exact) mass is 371 g/mol. The largest absolute Gasteiger partial charge is 0.480 e. The zero-order valence-corrected chi connectivity index (χ0v) is 14.7. The predicted molar refractivity (Wildman–Crippen MR) is 97.5 cm³/mol. The molecule has 2 aromatic carbocycles. The minimum atomic E-state index is -1.05. The van der Waals surface area contributed by atoms with Crippen LogP contribution in [0.15, 0.2) is 48.5 Å². The van der Waals surface area contributed by atoms with Gasteiger partial charge in [-0.25, -0.2) is 9.59 Å². The molecule has 6 heteroatoms. The van der Waals surface area contributed by atoms with Gasteiger partial charge >= 0.3 is 12.1 Å². The van der Waals surface area contributed by atoms with Crippen molar-refractivity contribution in [2.24, 2.45) is 0 Å². The van der Waals surface area contributed by atoms with Crippen molar-refractivity contribution in [1.82, 2.24) is 4.90 Å². The van der Waals surface area contributed by atoms with Crippen molar-refractivity contribution in [3.05, 3.63) is 59.7 Å². The number of ether oxygens (including phenoxy) is 1. The number of carbonyl (C=O) groups excluding carboxylic acids is 1. The Morgan fingerprint density at radius 2 is 1.65 bits per heavy atom. The number of carboxylic acid groups (broad SMARTS) is 1. The van der Waals surface area contributed by atoms with Crippen LogP contribution in [-0.2, 0) is 9.53 Å². The second-order valence-electron chi connectivity index (χ2n) is 6.64. The van der Waals surface area contributed by atoms with Gasteiger partial charge in [0.1, 0.15) is 12.6 Å². The molecule has 1 N–H and O–H groups in total. The van der Waals surface area contributed by atoms with Crippen LogP contribution in [0.5, 0.6) is 0 Å². The lowest BCUT2D eigenvalue weighted by Crippen LogP contribution is -2.41. The maximum Gasteiger partial charge on any atom is 0.410 e. The van der Waals surface area contributed by atoms with Crippen molar-refractivity contribution in [3.8, 4) is 11.1 Å². The predicted octanol–water partition coefficient (Wildman–Crippen LogP) is 3.70. The number of alkyl halides is 1. The molecule has 2 aliphatic rings. The van der Waals surface area contributed by atoms with Crippen LogP contribution in [0.2, 0.25) is 0 Å². The van der Waals surface area contributed by atoms with Gasteiger partial charge in [-0.15, -0.1) is 11.6 Å². The number of likely N-dealkylation sites (tertiary alicyclic amines) is 1. The van der Waals surface area contributed by atoms with E-state index in [0.717, 1.165) is 22.3 Å². The second-order valence-corrected chi connectivity index (χ2v) is 7.26. The number of fused-ring (bicyclic) bond motifs is 3. The van der Waals surface area contributed by atoms with Gasteiger partial charge in [0.25, 0.3) is 0 Å². The third kappa shape index (κ3) is 2.82. The topological polar surface area (TPSA) is 66.8 Å². The molecule has 1 aliphatic heterocycles. The molecule has 134 valence electrons. The minimum Gasteiger partial charge on any atom is -0.480 e. The summed E-state index contributed by atoms with van der Waals surface area (Å²) in [7, 11) is 0. The summed E-state index contributed by atoms with van der Waals surface area (Å²) in [6, 6.07) is 15.2. The molecule has 4 rings (SSSR count). The molecule has 1 fully saturated rings. The van der Waals surface area contributed by atoms with Crippen LogP contribution in [0.3, 0.4) is 0 Å². The first kappa shape index (κ1) is 16.9. The molecule has 1 aliphatic carbocycles. The van der Waals surface area contributed by atoms with E-state index in [9.17, 15) is 14.7 Å². The van der Waals surface area contributed by atoms with Gasteiger partial charge in [0, 0.05) is 12.5 Å². The van der Waals surface area contributed by atoms with Gasteiger partial charge in [0.2, 0.25) is 0 Å². The number of nitrogens with zero attached hydrogens (tertiary/aromatic N) is 1. The Hall–Kier alpha value is -2.53. The molecular formula is C20H18ClNO4. The smallest absolute Gasteiger partial charge is 0.410 e. The average Bonchev–Trinajstić information content (AvgIpc) is 3.18. The van der Waals surface area contributed by atoms with E-state index in [0.29, 0.717) is 0 Å². The summed E-state index contributed by atoms with van der Waals surface area (Å²) in [4.78, 5) is 25.0. The van der Waals surface area contributed by atoms with Gasteiger partial charge in [-0.3, -0.25) is 4.90 Å². The number of halogens is 1. The fourth-order valence-corrected chi connectivity index (χ4v) is 4.21. The fourth-order valence-electron chi connectivity index (χ4n) is 3.90. The first-order chi connectivity index (χ1) is 12.6. The minimum absolute atomic E-state index is 0.0518. The van der Waals surface area contributed by atoms with Crippen LogP contribution in [-0.4, -0.2) is 46.6 Å². The van der Waals surface area contributed by atoms with Gasteiger partial charge in [-0.2, -0.15) is 0 Å². The lowest BCUT2D eigenvalue weighted by Gasteiger charge is -2.22. The number of carboxylic acids is 1. The molecule has 0 spiro atoms. The molecule has 2 aromatic rings. The zero-order valence-electron chi connectivity index (χ0n) is 14.0. The highest BCUT2D eigenvalue weighted by molar-refractivity contribution is 6.21. The third-order valence-corrected chi connectivity index (χ3v) is 5.42. The van der Waals surface area contributed by atoms with Crippen molar-refractivity contribution in [3.63, 3.8) is 0 Å². The Labute approximate surface area is 156 Å². The molecule has 1 saturated heterocycles. The highest BCUT2D eigenvalue weighted by Gasteiger charge is 2.40. The highest BCUT2D eigenvalue weighted by Crippen LogP contribution is 2.44. The van der Waals surface area contributed by atoms with Crippen LogP contribution in [0.4, 0.5) is 4.79 Å². The fraction of sp³-hybridized carbons (Fsp3) is 0.300. The van der Waals surface area contributed by atoms with Crippen LogP contribution in [0, 0.1) is 0 Å². The van der Waals surface area contributed by atoms with E-state index in [1.54, 1.807) is 0 Å². The lowest BCUT2D eigenvalue weighted by molar-refractivity contribution is -0.141. The number of aliphatic carboxylic acids is 1. The molecule has 5 nitrogen and oxygen atoms in total. The molecule has 2 atom stereocenters. The van der Waals surface area contributed by atoms with Crippen LogP contribution in [0.1, 0.15) is 23.5 Å². The van der Waals surface area contributed by atoms with Gasteiger partial charge in [0.05, 0.1) is 5.38 Å². The second kappa shape index (κ2) is 6.65. The molecule has 1 amide bonds.